The lowest BCUT2D eigenvalue weighted by Crippen LogP contribution is -2.09. The molecule has 0 fully saturated rings. The zero-order valence-electron chi connectivity index (χ0n) is 11.8. The highest BCUT2D eigenvalue weighted by Crippen LogP contribution is 2.22. The molecule has 2 rings (SSSR count). The van der Waals surface area contributed by atoms with Gasteiger partial charge in [-0.2, -0.15) is 0 Å². The van der Waals surface area contributed by atoms with Crippen molar-refractivity contribution in [1.82, 2.24) is 0 Å². The topological polar surface area (TPSA) is 43.1 Å². The van der Waals surface area contributed by atoms with Crippen molar-refractivity contribution < 1.29 is 13.6 Å². The quantitative estimate of drug-likeness (QED) is 0.849. The van der Waals surface area contributed by atoms with E-state index < -0.39 is 11.6 Å². The van der Waals surface area contributed by atoms with E-state index in [4.69, 9.17) is 5.73 Å². The maximum atomic E-state index is 13.5. The molecule has 0 spiro atoms. The molecule has 1 atom stereocenters. The molecule has 0 aliphatic carbocycles. The van der Waals surface area contributed by atoms with Gasteiger partial charge in [-0.3, -0.25) is 4.79 Å². The number of rotatable bonds is 5. The van der Waals surface area contributed by atoms with Gasteiger partial charge in [-0.05, 0) is 35.2 Å². The van der Waals surface area contributed by atoms with E-state index in [1.54, 1.807) is 12.1 Å². The monoisotopic (exact) mass is 289 g/mol. The molecule has 0 radical (unpaired) electrons. The number of nitrogen functional groups attached to an aromatic ring is 1. The van der Waals surface area contributed by atoms with Crippen LogP contribution in [-0.4, -0.2) is 5.78 Å². The minimum Gasteiger partial charge on any atom is -0.399 e. The Hall–Kier alpha value is -2.23. The fourth-order valence-electron chi connectivity index (χ4n) is 2.25. The Morgan fingerprint density at radius 3 is 2.48 bits per heavy atom. The standard InChI is InChI=1S/C17H17F2NO/c1-11(12-5-7-14(20)8-6-12)9-15(21)10-13-3-2-4-16(18)17(13)19/h2-8,11H,9-10,20H2,1H3. The van der Waals surface area contributed by atoms with E-state index in [0.717, 1.165) is 11.6 Å². The molecule has 0 aromatic heterocycles. The number of Topliss-reactive ketones (excluding diaryl/α,β-unsaturated/α-hetero) is 1. The number of nitrogens with two attached hydrogens (primary N) is 1. The number of hydrogen-bond donors (Lipinski definition) is 1. The van der Waals surface area contributed by atoms with Crippen molar-refractivity contribution in [3.05, 3.63) is 65.2 Å². The van der Waals surface area contributed by atoms with Gasteiger partial charge in [0.15, 0.2) is 11.6 Å². The molecule has 0 saturated heterocycles. The van der Waals surface area contributed by atoms with Gasteiger partial charge in [-0.25, -0.2) is 8.78 Å². The van der Waals surface area contributed by atoms with E-state index >= 15 is 0 Å². The molecule has 0 saturated carbocycles. The van der Waals surface area contributed by atoms with Gasteiger partial charge in [0.2, 0.25) is 0 Å². The first-order valence-corrected chi connectivity index (χ1v) is 6.77. The zero-order valence-corrected chi connectivity index (χ0v) is 11.8. The molecule has 110 valence electrons. The minimum absolute atomic E-state index is 0.00900. The fourth-order valence-corrected chi connectivity index (χ4v) is 2.25. The van der Waals surface area contributed by atoms with Crippen LogP contribution >= 0.6 is 0 Å². The Labute approximate surface area is 122 Å². The highest BCUT2D eigenvalue weighted by atomic mass is 19.2. The second kappa shape index (κ2) is 6.48. The second-order valence-corrected chi connectivity index (χ2v) is 5.20. The fraction of sp³-hybridized carbons (Fsp3) is 0.235. The Kier molecular flexibility index (Phi) is 4.68. The molecule has 1 unspecified atom stereocenters. The summed E-state index contributed by atoms with van der Waals surface area (Å²) in [4.78, 5) is 12.0. The highest BCUT2D eigenvalue weighted by Gasteiger charge is 2.15. The summed E-state index contributed by atoms with van der Waals surface area (Å²) >= 11 is 0. The Bertz CT molecular complexity index is 638. The van der Waals surface area contributed by atoms with E-state index in [9.17, 15) is 13.6 Å². The van der Waals surface area contributed by atoms with Crippen LogP contribution in [0.1, 0.15) is 30.4 Å². The van der Waals surface area contributed by atoms with E-state index in [1.165, 1.54) is 12.1 Å². The molecule has 0 aliphatic heterocycles. The van der Waals surface area contributed by atoms with Crippen molar-refractivity contribution in [1.29, 1.82) is 0 Å². The van der Waals surface area contributed by atoms with Crippen molar-refractivity contribution >= 4 is 11.5 Å². The molecule has 2 N–H and O–H groups in total. The van der Waals surface area contributed by atoms with Crippen LogP contribution < -0.4 is 5.73 Å². The summed E-state index contributed by atoms with van der Waals surface area (Å²) in [7, 11) is 0. The summed E-state index contributed by atoms with van der Waals surface area (Å²) in [6.45, 7) is 1.92. The average molecular weight is 289 g/mol. The van der Waals surface area contributed by atoms with Gasteiger partial charge in [0, 0.05) is 18.5 Å². The second-order valence-electron chi connectivity index (χ2n) is 5.20. The van der Waals surface area contributed by atoms with Crippen molar-refractivity contribution in [2.75, 3.05) is 5.73 Å². The summed E-state index contributed by atoms with van der Waals surface area (Å²) < 4.78 is 26.6. The third kappa shape index (κ3) is 3.88. The summed E-state index contributed by atoms with van der Waals surface area (Å²) in [5.41, 5.74) is 7.38. The molecule has 0 heterocycles. The molecular weight excluding hydrogens is 272 g/mol. The van der Waals surface area contributed by atoms with Crippen LogP contribution in [0.4, 0.5) is 14.5 Å². The van der Waals surface area contributed by atoms with Gasteiger partial charge < -0.3 is 5.73 Å². The lowest BCUT2D eigenvalue weighted by atomic mass is 9.93. The number of ketones is 1. The Morgan fingerprint density at radius 1 is 1.14 bits per heavy atom. The van der Waals surface area contributed by atoms with Crippen LogP contribution in [0.2, 0.25) is 0 Å². The van der Waals surface area contributed by atoms with E-state index in [-0.39, 0.29) is 30.1 Å². The van der Waals surface area contributed by atoms with Gasteiger partial charge in [0.25, 0.3) is 0 Å². The van der Waals surface area contributed by atoms with Crippen molar-refractivity contribution in [2.45, 2.75) is 25.7 Å². The van der Waals surface area contributed by atoms with Crippen LogP contribution in [0.3, 0.4) is 0 Å². The van der Waals surface area contributed by atoms with E-state index in [0.29, 0.717) is 5.69 Å². The number of hydrogen-bond acceptors (Lipinski definition) is 2. The van der Waals surface area contributed by atoms with Gasteiger partial charge in [0.1, 0.15) is 5.78 Å². The summed E-state index contributed by atoms with van der Waals surface area (Å²) in [5.74, 6) is -1.98. The van der Waals surface area contributed by atoms with Crippen molar-refractivity contribution in [3.63, 3.8) is 0 Å². The average Bonchev–Trinajstić information content (AvgIpc) is 2.44. The first-order valence-electron chi connectivity index (χ1n) is 6.77. The maximum Gasteiger partial charge on any atom is 0.162 e. The molecule has 0 amide bonds. The third-order valence-corrected chi connectivity index (χ3v) is 3.46. The first kappa shape index (κ1) is 15.2. The van der Waals surface area contributed by atoms with Gasteiger partial charge >= 0.3 is 0 Å². The summed E-state index contributed by atoms with van der Waals surface area (Å²) in [6, 6.07) is 11.2. The highest BCUT2D eigenvalue weighted by molar-refractivity contribution is 5.81. The normalized spacial score (nSPS) is 12.1. The predicted octanol–water partition coefficient (Wildman–Crippen LogP) is 3.85. The number of anilines is 1. The summed E-state index contributed by atoms with van der Waals surface area (Å²) in [6.07, 6.45) is 0.183. The molecule has 2 aromatic carbocycles. The molecule has 2 aromatic rings. The van der Waals surface area contributed by atoms with E-state index in [2.05, 4.69) is 0 Å². The van der Waals surface area contributed by atoms with Crippen LogP contribution in [0.5, 0.6) is 0 Å². The van der Waals surface area contributed by atoms with Gasteiger partial charge in [-0.15, -0.1) is 0 Å². The van der Waals surface area contributed by atoms with Crippen molar-refractivity contribution in [3.8, 4) is 0 Å². The molecule has 0 aliphatic rings. The number of halogens is 2. The smallest absolute Gasteiger partial charge is 0.162 e. The van der Waals surface area contributed by atoms with Gasteiger partial charge in [0.05, 0.1) is 0 Å². The van der Waals surface area contributed by atoms with E-state index in [1.807, 2.05) is 19.1 Å². The molecule has 2 nitrogen and oxygen atoms in total. The van der Waals surface area contributed by atoms with Crippen LogP contribution in [0, 0.1) is 11.6 Å². The summed E-state index contributed by atoms with van der Waals surface area (Å²) in [5, 5.41) is 0. The largest absolute Gasteiger partial charge is 0.399 e. The molecule has 0 bridgehead atoms. The third-order valence-electron chi connectivity index (χ3n) is 3.46. The minimum atomic E-state index is -0.939. The first-order chi connectivity index (χ1) is 9.97. The Morgan fingerprint density at radius 2 is 1.81 bits per heavy atom. The number of carbonyl (C=O) groups is 1. The van der Waals surface area contributed by atoms with Gasteiger partial charge in [-0.1, -0.05) is 31.2 Å². The van der Waals surface area contributed by atoms with Crippen molar-refractivity contribution in [2.24, 2.45) is 0 Å². The lowest BCUT2D eigenvalue weighted by molar-refractivity contribution is -0.118. The number of benzene rings is 2. The van der Waals surface area contributed by atoms with Crippen LogP contribution in [0.25, 0.3) is 0 Å². The van der Waals surface area contributed by atoms with Crippen LogP contribution in [-0.2, 0) is 11.2 Å². The number of carbonyl (C=O) groups excluding carboxylic acids is 1. The molecule has 4 heteroatoms. The van der Waals surface area contributed by atoms with Crippen LogP contribution in [0.15, 0.2) is 42.5 Å². The molecular formula is C17H17F2NO. The SMILES string of the molecule is CC(CC(=O)Cc1cccc(F)c1F)c1ccc(N)cc1. The maximum absolute atomic E-state index is 13.5. The zero-order chi connectivity index (χ0) is 15.4. The lowest BCUT2D eigenvalue weighted by Gasteiger charge is -2.11. The Balaban J connectivity index is 2.01. The predicted molar refractivity (Wildman–Crippen MR) is 79.0 cm³/mol. The molecule has 21 heavy (non-hydrogen) atoms.